The zero-order chi connectivity index (χ0) is 16.2. The van der Waals surface area contributed by atoms with E-state index in [0.717, 1.165) is 6.42 Å². The van der Waals surface area contributed by atoms with Gasteiger partial charge in [0, 0.05) is 11.5 Å². The number of rotatable bonds is 5. The summed E-state index contributed by atoms with van der Waals surface area (Å²) in [5.74, 6) is -0.230. The number of benzene rings is 2. The number of carboxylic acids is 1. The number of carbonyl (C=O) groups is 1. The van der Waals surface area contributed by atoms with Gasteiger partial charge in [-0.05, 0) is 24.1 Å². The number of hydrogen-bond acceptors (Lipinski definition) is 4. The topological polar surface area (TPSA) is 70.9 Å². The third-order valence-corrected chi connectivity index (χ3v) is 3.95. The van der Waals surface area contributed by atoms with Gasteiger partial charge in [-0.1, -0.05) is 54.5 Å². The lowest BCUT2D eigenvalue weighted by molar-refractivity contribution is 0.0505. The fraction of sp³-hybridized carbons (Fsp3) is 0.222. The van der Waals surface area contributed by atoms with E-state index in [2.05, 4.69) is 29.5 Å². The number of nitrogens with one attached hydrogen (secondary N) is 1. The predicted octanol–water partition coefficient (Wildman–Crippen LogP) is 3.19. The molecule has 0 saturated carbocycles. The Morgan fingerprint density at radius 1 is 1.26 bits per heavy atom. The van der Waals surface area contributed by atoms with Crippen LogP contribution in [-0.4, -0.2) is 23.1 Å². The first kappa shape index (κ1) is 15.1. The maximum Gasteiger partial charge on any atom is 0.335 e. The summed E-state index contributed by atoms with van der Waals surface area (Å²) in [6.07, 6.45) is 0.644. The second kappa shape index (κ2) is 6.52. The lowest BCUT2D eigenvalue weighted by Crippen LogP contribution is -2.35. The first-order chi connectivity index (χ1) is 11.2. The molecular formula is C18H18N2O3. The van der Waals surface area contributed by atoms with Gasteiger partial charge in [0.25, 0.3) is 0 Å². The molecule has 5 heteroatoms. The number of carboxylic acid groups (broad SMARTS) is 1. The smallest absolute Gasteiger partial charge is 0.335 e. The molecule has 0 aromatic heterocycles. The van der Waals surface area contributed by atoms with Crippen molar-refractivity contribution in [3.63, 3.8) is 0 Å². The van der Waals surface area contributed by atoms with E-state index in [1.165, 1.54) is 5.56 Å². The lowest BCUT2D eigenvalue weighted by atomic mass is 9.94. The van der Waals surface area contributed by atoms with E-state index in [9.17, 15) is 4.79 Å². The summed E-state index contributed by atoms with van der Waals surface area (Å²) in [6, 6.07) is 16.8. The second-order valence-electron chi connectivity index (χ2n) is 5.42. The quantitative estimate of drug-likeness (QED) is 0.890. The molecule has 23 heavy (non-hydrogen) atoms. The van der Waals surface area contributed by atoms with Crippen LogP contribution >= 0.6 is 0 Å². The van der Waals surface area contributed by atoms with Gasteiger partial charge < -0.3 is 15.3 Å². The van der Waals surface area contributed by atoms with E-state index in [4.69, 9.17) is 9.94 Å². The third-order valence-electron chi connectivity index (χ3n) is 3.95. The average molecular weight is 310 g/mol. The molecule has 1 aliphatic rings. The van der Waals surface area contributed by atoms with E-state index in [1.807, 2.05) is 24.3 Å². The van der Waals surface area contributed by atoms with Crippen LogP contribution in [0.15, 0.2) is 59.8 Å². The van der Waals surface area contributed by atoms with E-state index < -0.39 is 5.97 Å². The zero-order valence-electron chi connectivity index (χ0n) is 12.8. The number of oxime groups is 1. The average Bonchev–Trinajstić information content (AvgIpc) is 3.06. The standard InChI is InChI=1S/C18H18N2O3/c1-2-15(12-7-4-3-5-8-12)17-19-16(20-23-17)13-9-6-10-14(11-13)18(21)22/h3-11,15,17H,2H2,1H3,(H,19,20)(H,21,22). The van der Waals surface area contributed by atoms with Crippen LogP contribution in [0.4, 0.5) is 0 Å². The van der Waals surface area contributed by atoms with Gasteiger partial charge in [-0.2, -0.15) is 0 Å². The lowest BCUT2D eigenvalue weighted by Gasteiger charge is -2.21. The number of nitrogens with zero attached hydrogens (tertiary/aromatic N) is 1. The van der Waals surface area contributed by atoms with Gasteiger partial charge in [-0.3, -0.25) is 0 Å². The Morgan fingerprint density at radius 3 is 2.74 bits per heavy atom. The van der Waals surface area contributed by atoms with Gasteiger partial charge in [0.05, 0.1) is 5.56 Å². The van der Waals surface area contributed by atoms with Crippen molar-refractivity contribution in [1.82, 2.24) is 5.32 Å². The molecular weight excluding hydrogens is 292 g/mol. The van der Waals surface area contributed by atoms with Gasteiger partial charge in [-0.25, -0.2) is 4.79 Å². The van der Waals surface area contributed by atoms with Crippen molar-refractivity contribution in [3.8, 4) is 0 Å². The van der Waals surface area contributed by atoms with Gasteiger partial charge in [0.1, 0.15) is 0 Å². The Hall–Kier alpha value is -2.82. The van der Waals surface area contributed by atoms with Crippen molar-refractivity contribution in [3.05, 3.63) is 71.3 Å². The van der Waals surface area contributed by atoms with Crippen molar-refractivity contribution in [2.45, 2.75) is 25.5 Å². The highest BCUT2D eigenvalue weighted by molar-refractivity contribution is 6.01. The number of amidine groups is 1. The zero-order valence-corrected chi connectivity index (χ0v) is 12.8. The highest BCUT2D eigenvalue weighted by Crippen LogP contribution is 2.26. The maximum absolute atomic E-state index is 11.1. The summed E-state index contributed by atoms with van der Waals surface area (Å²) in [5.41, 5.74) is 2.11. The third kappa shape index (κ3) is 3.18. The minimum atomic E-state index is -0.960. The molecule has 0 saturated heterocycles. The molecule has 2 aromatic rings. The molecule has 3 rings (SSSR count). The van der Waals surface area contributed by atoms with Gasteiger partial charge in [0.2, 0.25) is 6.23 Å². The molecule has 1 heterocycles. The fourth-order valence-electron chi connectivity index (χ4n) is 2.73. The SMILES string of the molecule is CCC(c1ccccc1)C1NC(c2cccc(C(=O)O)c2)=NO1. The Balaban J connectivity index is 1.77. The van der Waals surface area contributed by atoms with Crippen LogP contribution in [0.25, 0.3) is 0 Å². The number of aromatic carboxylic acids is 1. The van der Waals surface area contributed by atoms with Gasteiger partial charge >= 0.3 is 5.97 Å². The summed E-state index contributed by atoms with van der Waals surface area (Å²) in [4.78, 5) is 16.6. The van der Waals surface area contributed by atoms with Gasteiger partial charge in [-0.15, -0.1) is 0 Å². The van der Waals surface area contributed by atoms with E-state index in [0.29, 0.717) is 11.4 Å². The van der Waals surface area contributed by atoms with Crippen LogP contribution in [0, 0.1) is 0 Å². The molecule has 2 atom stereocenters. The Kier molecular flexibility index (Phi) is 4.28. The van der Waals surface area contributed by atoms with Crippen LogP contribution in [0.3, 0.4) is 0 Å². The molecule has 0 bridgehead atoms. The Bertz CT molecular complexity index is 728. The molecule has 0 spiro atoms. The molecule has 118 valence electrons. The van der Waals surface area contributed by atoms with Crippen LogP contribution in [-0.2, 0) is 4.84 Å². The monoisotopic (exact) mass is 310 g/mol. The fourth-order valence-corrected chi connectivity index (χ4v) is 2.73. The van der Waals surface area contributed by atoms with Crippen molar-refractivity contribution in [2.75, 3.05) is 0 Å². The number of hydrogen-bond donors (Lipinski definition) is 2. The minimum Gasteiger partial charge on any atom is -0.478 e. The normalized spacial score (nSPS) is 17.8. The molecule has 0 radical (unpaired) electrons. The van der Waals surface area contributed by atoms with Crippen molar-refractivity contribution in [2.24, 2.45) is 5.16 Å². The molecule has 1 aliphatic heterocycles. The van der Waals surface area contributed by atoms with Crippen molar-refractivity contribution >= 4 is 11.8 Å². The van der Waals surface area contributed by atoms with E-state index >= 15 is 0 Å². The van der Waals surface area contributed by atoms with E-state index in [1.54, 1.807) is 18.2 Å². The van der Waals surface area contributed by atoms with Crippen LogP contribution in [0.2, 0.25) is 0 Å². The maximum atomic E-state index is 11.1. The molecule has 2 unspecified atom stereocenters. The molecule has 0 amide bonds. The Labute approximate surface area is 134 Å². The molecule has 0 aliphatic carbocycles. The predicted molar refractivity (Wildman–Crippen MR) is 87.4 cm³/mol. The first-order valence-electron chi connectivity index (χ1n) is 7.58. The second-order valence-corrected chi connectivity index (χ2v) is 5.42. The molecule has 2 aromatic carbocycles. The summed E-state index contributed by atoms with van der Waals surface area (Å²) in [7, 11) is 0. The summed E-state index contributed by atoms with van der Waals surface area (Å²) < 4.78 is 0. The Morgan fingerprint density at radius 2 is 2.04 bits per heavy atom. The van der Waals surface area contributed by atoms with Crippen LogP contribution in [0.1, 0.15) is 40.7 Å². The first-order valence-corrected chi connectivity index (χ1v) is 7.58. The van der Waals surface area contributed by atoms with Crippen molar-refractivity contribution in [1.29, 1.82) is 0 Å². The summed E-state index contributed by atoms with van der Waals surface area (Å²) in [6.45, 7) is 2.10. The largest absolute Gasteiger partial charge is 0.478 e. The van der Waals surface area contributed by atoms with Crippen LogP contribution < -0.4 is 5.32 Å². The van der Waals surface area contributed by atoms with Crippen LogP contribution in [0.5, 0.6) is 0 Å². The summed E-state index contributed by atoms with van der Waals surface area (Å²) >= 11 is 0. The van der Waals surface area contributed by atoms with E-state index in [-0.39, 0.29) is 17.7 Å². The van der Waals surface area contributed by atoms with Crippen molar-refractivity contribution < 1.29 is 14.7 Å². The molecule has 2 N–H and O–H groups in total. The molecule has 5 nitrogen and oxygen atoms in total. The molecule has 0 fully saturated rings. The van der Waals surface area contributed by atoms with Gasteiger partial charge in [0.15, 0.2) is 5.84 Å². The minimum absolute atomic E-state index is 0.167. The highest BCUT2D eigenvalue weighted by Gasteiger charge is 2.29. The highest BCUT2D eigenvalue weighted by atomic mass is 16.7. The summed E-state index contributed by atoms with van der Waals surface area (Å²) in [5, 5.41) is 16.4.